The van der Waals surface area contributed by atoms with Crippen molar-refractivity contribution in [2.24, 2.45) is 11.8 Å². The quantitative estimate of drug-likeness (QED) is 0.516. The predicted octanol–water partition coefficient (Wildman–Crippen LogP) is 4.00. The summed E-state index contributed by atoms with van der Waals surface area (Å²) in [5.74, 6) is 0.527. The van der Waals surface area contributed by atoms with E-state index in [1.807, 2.05) is 12.1 Å². The van der Waals surface area contributed by atoms with Crippen molar-refractivity contribution in [3.05, 3.63) is 52.8 Å². The Morgan fingerprint density at radius 3 is 3.00 bits per heavy atom. The van der Waals surface area contributed by atoms with Gasteiger partial charge in [-0.25, -0.2) is 9.18 Å². The molecule has 0 radical (unpaired) electrons. The number of nitrogens with zero attached hydrogens (tertiary/aromatic N) is 1. The molecule has 8 heteroatoms. The van der Waals surface area contributed by atoms with Gasteiger partial charge in [0, 0.05) is 23.9 Å². The highest BCUT2D eigenvalue weighted by molar-refractivity contribution is 8.00. The number of hydrogen-bond donors (Lipinski definition) is 3. The van der Waals surface area contributed by atoms with Gasteiger partial charge in [0.1, 0.15) is 17.1 Å². The third-order valence-electron chi connectivity index (χ3n) is 6.75. The molecule has 2 aromatic carbocycles. The zero-order valence-corrected chi connectivity index (χ0v) is 18.5. The average Bonchev–Trinajstić information content (AvgIpc) is 3.45. The van der Waals surface area contributed by atoms with Gasteiger partial charge in [-0.3, -0.25) is 0 Å². The van der Waals surface area contributed by atoms with Gasteiger partial charge in [0.25, 0.3) is 0 Å². The molecule has 32 heavy (non-hydrogen) atoms. The zero-order valence-electron chi connectivity index (χ0n) is 17.7. The van der Waals surface area contributed by atoms with Gasteiger partial charge in [-0.05, 0) is 85.0 Å². The number of aromatic carboxylic acids is 1. The topological polar surface area (TPSA) is 82.0 Å². The largest absolute Gasteiger partial charge is 0.492 e. The number of carboxylic acids is 1. The van der Waals surface area contributed by atoms with Crippen molar-refractivity contribution in [2.45, 2.75) is 30.1 Å². The van der Waals surface area contributed by atoms with E-state index in [4.69, 9.17) is 9.84 Å². The summed E-state index contributed by atoms with van der Waals surface area (Å²) in [4.78, 5) is 15.2. The molecule has 1 saturated heterocycles. The Labute approximate surface area is 190 Å². The van der Waals surface area contributed by atoms with Crippen molar-refractivity contribution in [3.63, 3.8) is 0 Å². The Hall–Kier alpha value is -2.29. The van der Waals surface area contributed by atoms with Crippen molar-refractivity contribution in [2.75, 3.05) is 37.6 Å². The molecule has 3 aliphatic rings. The number of β-amino-alcohol motifs (C(OH)–C–C–N with tert-alkyl or cyclic N) is 1. The van der Waals surface area contributed by atoms with E-state index < -0.39 is 5.97 Å². The highest BCUT2D eigenvalue weighted by Gasteiger charge is 2.45. The van der Waals surface area contributed by atoms with Crippen LogP contribution in [0.2, 0.25) is 0 Å². The Kier molecular flexibility index (Phi) is 6.01. The van der Waals surface area contributed by atoms with Crippen LogP contribution in [0.3, 0.4) is 0 Å². The molecule has 2 unspecified atom stereocenters. The van der Waals surface area contributed by atoms with Crippen molar-refractivity contribution in [3.8, 4) is 5.75 Å². The molecule has 1 aliphatic carbocycles. The van der Waals surface area contributed by atoms with E-state index >= 15 is 0 Å². The number of carbonyl (C=O) groups is 1. The van der Waals surface area contributed by atoms with Crippen LogP contribution in [0, 0.1) is 17.7 Å². The van der Waals surface area contributed by atoms with E-state index in [0.717, 1.165) is 48.4 Å². The number of nitrogens with one attached hydrogen (secondary N) is 1. The molecule has 170 valence electrons. The molecule has 5 rings (SSSR count). The zero-order chi connectivity index (χ0) is 22.2. The molecule has 3 atom stereocenters. The van der Waals surface area contributed by atoms with E-state index in [1.165, 1.54) is 18.0 Å². The van der Waals surface area contributed by atoms with E-state index in [2.05, 4.69) is 9.62 Å². The summed E-state index contributed by atoms with van der Waals surface area (Å²) >= 11 is 1.31. The van der Waals surface area contributed by atoms with E-state index in [9.17, 15) is 14.3 Å². The minimum Gasteiger partial charge on any atom is -0.492 e. The van der Waals surface area contributed by atoms with Gasteiger partial charge in [-0.1, -0.05) is 6.07 Å². The number of fused-ring (bicyclic) bond motifs is 3. The summed E-state index contributed by atoms with van der Waals surface area (Å²) in [6.45, 7) is 3.23. The summed E-state index contributed by atoms with van der Waals surface area (Å²) in [7, 11) is 0. The van der Waals surface area contributed by atoms with Crippen LogP contribution in [0.25, 0.3) is 0 Å². The second-order valence-corrected chi connectivity index (χ2v) is 9.81. The minimum absolute atomic E-state index is 0.148. The third kappa shape index (κ3) is 4.31. The minimum atomic E-state index is -1.02. The fourth-order valence-electron chi connectivity index (χ4n) is 5.00. The van der Waals surface area contributed by atoms with Crippen LogP contribution in [-0.4, -0.2) is 53.9 Å². The maximum Gasteiger partial charge on any atom is 0.341 e. The third-order valence-corrected chi connectivity index (χ3v) is 7.69. The maximum absolute atomic E-state index is 14.0. The van der Waals surface area contributed by atoms with Crippen LogP contribution in [0.15, 0.2) is 35.2 Å². The summed E-state index contributed by atoms with van der Waals surface area (Å²) < 4.78 is 23.0. The SMILES string of the molecule is O=C(O)c1c(NSc2ccc(F)cc2CC2CCN(CCO)C2)ccc2c1OC[C@@H]1CC21. The Bertz CT molecular complexity index is 1030. The van der Waals surface area contributed by atoms with Gasteiger partial charge in [0.05, 0.1) is 18.9 Å². The number of hydrogen-bond acceptors (Lipinski definition) is 6. The van der Waals surface area contributed by atoms with Crippen LogP contribution < -0.4 is 9.46 Å². The molecule has 2 heterocycles. The lowest BCUT2D eigenvalue weighted by Crippen LogP contribution is -2.24. The molecule has 1 saturated carbocycles. The lowest BCUT2D eigenvalue weighted by molar-refractivity contribution is 0.0692. The molecular formula is C24H27FN2O4S. The van der Waals surface area contributed by atoms with Crippen LogP contribution >= 0.6 is 11.9 Å². The van der Waals surface area contributed by atoms with Crippen molar-refractivity contribution < 1.29 is 24.1 Å². The van der Waals surface area contributed by atoms with E-state index in [1.54, 1.807) is 12.1 Å². The van der Waals surface area contributed by atoms with Crippen LogP contribution in [0.4, 0.5) is 10.1 Å². The van der Waals surface area contributed by atoms with Crippen molar-refractivity contribution >= 4 is 23.6 Å². The highest BCUT2D eigenvalue weighted by Crippen LogP contribution is 2.55. The Balaban J connectivity index is 1.34. The van der Waals surface area contributed by atoms with E-state index in [0.29, 0.717) is 42.3 Å². The number of halogens is 1. The van der Waals surface area contributed by atoms with Crippen LogP contribution in [0.5, 0.6) is 5.75 Å². The van der Waals surface area contributed by atoms with Gasteiger partial charge < -0.3 is 24.6 Å². The van der Waals surface area contributed by atoms with Crippen molar-refractivity contribution in [1.29, 1.82) is 0 Å². The van der Waals surface area contributed by atoms with Crippen LogP contribution in [-0.2, 0) is 6.42 Å². The molecule has 0 amide bonds. The highest BCUT2D eigenvalue weighted by atomic mass is 32.2. The first-order valence-corrected chi connectivity index (χ1v) is 11.9. The monoisotopic (exact) mass is 458 g/mol. The summed E-state index contributed by atoms with van der Waals surface area (Å²) in [5, 5.41) is 19.0. The average molecular weight is 459 g/mol. The lowest BCUT2D eigenvalue weighted by Gasteiger charge is -2.21. The molecule has 2 fully saturated rings. The first-order valence-electron chi connectivity index (χ1n) is 11.1. The molecule has 0 spiro atoms. The first kappa shape index (κ1) is 21.6. The second kappa shape index (κ2) is 8.92. The number of ether oxygens (including phenoxy) is 1. The molecule has 2 aliphatic heterocycles. The fraction of sp³-hybridized carbons (Fsp3) is 0.458. The summed E-state index contributed by atoms with van der Waals surface area (Å²) in [6.07, 6.45) is 2.82. The molecule has 3 N–H and O–H groups in total. The Morgan fingerprint density at radius 1 is 1.31 bits per heavy atom. The fourth-order valence-corrected chi connectivity index (χ4v) is 5.80. The van der Waals surface area contributed by atoms with Gasteiger partial charge in [-0.2, -0.15) is 0 Å². The summed E-state index contributed by atoms with van der Waals surface area (Å²) in [6, 6.07) is 8.52. The number of aliphatic hydroxyl groups is 1. The maximum atomic E-state index is 14.0. The van der Waals surface area contributed by atoms with Gasteiger partial charge >= 0.3 is 5.97 Å². The van der Waals surface area contributed by atoms with E-state index in [-0.39, 0.29) is 18.0 Å². The number of anilines is 1. The lowest BCUT2D eigenvalue weighted by atomic mass is 9.98. The number of carboxylic acid groups (broad SMARTS) is 1. The van der Waals surface area contributed by atoms with Crippen molar-refractivity contribution in [1.82, 2.24) is 4.90 Å². The van der Waals surface area contributed by atoms with Gasteiger partial charge in [0.2, 0.25) is 0 Å². The number of rotatable bonds is 8. The first-order chi connectivity index (χ1) is 15.5. The molecule has 0 bridgehead atoms. The number of likely N-dealkylation sites (tertiary alicyclic amines) is 1. The van der Waals surface area contributed by atoms with Gasteiger partial charge in [0.15, 0.2) is 0 Å². The smallest absolute Gasteiger partial charge is 0.341 e. The van der Waals surface area contributed by atoms with Gasteiger partial charge in [-0.15, -0.1) is 0 Å². The number of benzene rings is 2. The molecule has 0 aromatic heterocycles. The molecule has 2 aromatic rings. The number of aliphatic hydroxyl groups excluding tert-OH is 1. The predicted molar refractivity (Wildman–Crippen MR) is 121 cm³/mol. The normalized spacial score (nSPS) is 23.9. The second-order valence-electron chi connectivity index (χ2n) is 8.96. The Morgan fingerprint density at radius 2 is 2.19 bits per heavy atom. The standard InChI is InChI=1S/C24H27FN2O4S/c25-17-1-4-21(15(10-17)9-14-5-6-27(12-14)7-8-28)32-26-20-3-2-18-19-11-16(19)13-31-23(18)22(20)24(29)30/h1-4,10,14,16,19,26,28H,5-9,11-13H2,(H,29,30)/t14?,16-,19?/m0/s1. The summed E-state index contributed by atoms with van der Waals surface area (Å²) in [5.41, 5.74) is 2.56. The molecular weight excluding hydrogens is 431 g/mol. The van der Waals surface area contributed by atoms with Crippen LogP contribution in [0.1, 0.15) is 40.2 Å². The molecule has 6 nitrogen and oxygen atoms in total.